The van der Waals surface area contributed by atoms with Crippen LogP contribution < -0.4 is 5.32 Å². The number of hydrogen-bond donors (Lipinski definition) is 1. The number of carbonyl (C=O) groups excluding carboxylic acids is 1. The number of nitrogens with zero attached hydrogens (tertiary/aromatic N) is 1. The first-order chi connectivity index (χ1) is 9.14. The fraction of sp³-hybridized carbons (Fsp3) is 0.750. The molecule has 1 N–H and O–H groups in total. The molecule has 104 valence electrons. The molecule has 19 heavy (non-hydrogen) atoms. The minimum atomic E-state index is -0.681. The SMILES string of the molecule is C[C@](C#N)(NC(=O)C[C@H]1C=CCC1)C1CCCCC1. The van der Waals surface area contributed by atoms with Crippen molar-refractivity contribution in [2.75, 3.05) is 0 Å². The Balaban J connectivity index is 1.91. The van der Waals surface area contributed by atoms with Gasteiger partial charge in [-0.05, 0) is 44.4 Å². The molecule has 2 aliphatic carbocycles. The molecule has 0 heterocycles. The Kier molecular flexibility index (Phi) is 4.63. The number of allylic oxidation sites excluding steroid dienone is 2. The van der Waals surface area contributed by atoms with Gasteiger partial charge in [-0.3, -0.25) is 4.79 Å². The predicted octanol–water partition coefficient (Wildman–Crippen LogP) is 3.32. The molecule has 0 unspecified atom stereocenters. The fourth-order valence-electron chi connectivity index (χ4n) is 3.35. The van der Waals surface area contributed by atoms with E-state index in [0.29, 0.717) is 18.3 Å². The molecule has 0 aromatic carbocycles. The molecule has 0 aromatic heterocycles. The minimum absolute atomic E-state index is 0.0335. The van der Waals surface area contributed by atoms with Crippen LogP contribution in [0.5, 0.6) is 0 Å². The van der Waals surface area contributed by atoms with Crippen LogP contribution >= 0.6 is 0 Å². The molecule has 1 saturated carbocycles. The van der Waals surface area contributed by atoms with E-state index < -0.39 is 5.54 Å². The van der Waals surface area contributed by atoms with E-state index in [-0.39, 0.29) is 5.91 Å². The molecule has 2 aliphatic rings. The zero-order chi connectivity index (χ0) is 13.7. The van der Waals surface area contributed by atoms with Crippen molar-refractivity contribution in [3.8, 4) is 6.07 Å². The second-order valence-electron chi connectivity index (χ2n) is 6.17. The van der Waals surface area contributed by atoms with Crippen LogP contribution in [-0.4, -0.2) is 11.4 Å². The largest absolute Gasteiger partial charge is 0.338 e. The van der Waals surface area contributed by atoms with E-state index in [0.717, 1.165) is 25.7 Å². The topological polar surface area (TPSA) is 52.9 Å². The van der Waals surface area contributed by atoms with Gasteiger partial charge in [-0.25, -0.2) is 0 Å². The minimum Gasteiger partial charge on any atom is -0.338 e. The standard InChI is InChI=1S/C16H24N2O/c1-16(12-17,14-9-3-2-4-10-14)18-15(19)11-13-7-5-6-8-13/h5,7,13-14H,2-4,6,8-11H2,1H3,(H,18,19)/t13-,16+/m0/s1. The van der Waals surface area contributed by atoms with Crippen LogP contribution in [0, 0.1) is 23.2 Å². The Morgan fingerprint density at radius 2 is 2.11 bits per heavy atom. The average molecular weight is 260 g/mol. The summed E-state index contributed by atoms with van der Waals surface area (Å²) in [6.07, 6.45) is 12.7. The average Bonchev–Trinajstić information content (AvgIpc) is 2.92. The first-order valence-electron chi connectivity index (χ1n) is 7.53. The predicted molar refractivity (Wildman–Crippen MR) is 75.2 cm³/mol. The summed E-state index contributed by atoms with van der Waals surface area (Å²) in [6, 6.07) is 2.35. The van der Waals surface area contributed by atoms with Crippen molar-refractivity contribution in [2.45, 2.75) is 63.8 Å². The van der Waals surface area contributed by atoms with Crippen molar-refractivity contribution >= 4 is 5.91 Å². The quantitative estimate of drug-likeness (QED) is 0.788. The maximum atomic E-state index is 12.1. The highest BCUT2D eigenvalue weighted by atomic mass is 16.1. The lowest BCUT2D eigenvalue weighted by molar-refractivity contribution is -0.123. The highest BCUT2D eigenvalue weighted by Gasteiger charge is 2.36. The Bertz CT molecular complexity index is 390. The molecule has 0 bridgehead atoms. The molecular weight excluding hydrogens is 236 g/mol. The first kappa shape index (κ1) is 14.1. The third kappa shape index (κ3) is 3.59. The molecule has 1 fully saturated rings. The molecule has 3 nitrogen and oxygen atoms in total. The van der Waals surface area contributed by atoms with Crippen LogP contribution in [0.4, 0.5) is 0 Å². The van der Waals surface area contributed by atoms with E-state index in [1.54, 1.807) is 0 Å². The van der Waals surface area contributed by atoms with Crippen molar-refractivity contribution in [3.05, 3.63) is 12.2 Å². The van der Waals surface area contributed by atoms with Gasteiger partial charge in [0.05, 0.1) is 6.07 Å². The molecule has 0 aromatic rings. The normalized spacial score (nSPS) is 26.6. The van der Waals surface area contributed by atoms with Gasteiger partial charge in [-0.2, -0.15) is 5.26 Å². The van der Waals surface area contributed by atoms with Gasteiger partial charge in [0.2, 0.25) is 5.91 Å². The number of hydrogen-bond acceptors (Lipinski definition) is 2. The lowest BCUT2D eigenvalue weighted by Crippen LogP contribution is -2.51. The zero-order valence-corrected chi connectivity index (χ0v) is 11.8. The Morgan fingerprint density at radius 1 is 1.37 bits per heavy atom. The third-order valence-corrected chi connectivity index (χ3v) is 4.61. The molecule has 0 aliphatic heterocycles. The lowest BCUT2D eigenvalue weighted by atomic mass is 9.76. The Morgan fingerprint density at radius 3 is 2.68 bits per heavy atom. The summed E-state index contributed by atoms with van der Waals surface area (Å²) in [6.45, 7) is 1.89. The van der Waals surface area contributed by atoms with Gasteiger partial charge in [0, 0.05) is 6.42 Å². The second-order valence-corrected chi connectivity index (χ2v) is 6.17. The molecule has 2 rings (SSSR count). The third-order valence-electron chi connectivity index (χ3n) is 4.61. The summed E-state index contributed by atoms with van der Waals surface area (Å²) in [7, 11) is 0. The van der Waals surface area contributed by atoms with Crippen LogP contribution in [0.3, 0.4) is 0 Å². The van der Waals surface area contributed by atoms with Crippen molar-refractivity contribution in [2.24, 2.45) is 11.8 Å². The van der Waals surface area contributed by atoms with E-state index in [4.69, 9.17) is 0 Å². The molecule has 2 atom stereocenters. The van der Waals surface area contributed by atoms with Crippen LogP contribution in [0.1, 0.15) is 58.3 Å². The summed E-state index contributed by atoms with van der Waals surface area (Å²) in [5.41, 5.74) is -0.681. The molecule has 0 radical (unpaired) electrons. The maximum absolute atomic E-state index is 12.1. The Labute approximate surface area is 116 Å². The fourth-order valence-corrected chi connectivity index (χ4v) is 3.35. The van der Waals surface area contributed by atoms with Crippen molar-refractivity contribution in [3.63, 3.8) is 0 Å². The number of nitriles is 1. The highest BCUT2D eigenvalue weighted by Crippen LogP contribution is 2.32. The number of carbonyl (C=O) groups is 1. The van der Waals surface area contributed by atoms with Gasteiger partial charge < -0.3 is 5.32 Å². The second kappa shape index (κ2) is 6.23. The first-order valence-corrected chi connectivity index (χ1v) is 7.53. The Hall–Kier alpha value is -1.30. The van der Waals surface area contributed by atoms with Gasteiger partial charge in [-0.1, -0.05) is 31.4 Å². The van der Waals surface area contributed by atoms with Crippen LogP contribution in [0.25, 0.3) is 0 Å². The highest BCUT2D eigenvalue weighted by molar-refractivity contribution is 5.77. The molecule has 0 saturated heterocycles. The zero-order valence-electron chi connectivity index (χ0n) is 11.8. The monoisotopic (exact) mass is 260 g/mol. The van der Waals surface area contributed by atoms with Crippen LogP contribution in [-0.2, 0) is 4.79 Å². The molecule has 0 spiro atoms. The van der Waals surface area contributed by atoms with E-state index in [1.807, 2.05) is 6.92 Å². The molecule has 1 amide bonds. The van der Waals surface area contributed by atoms with E-state index in [9.17, 15) is 10.1 Å². The van der Waals surface area contributed by atoms with Gasteiger partial charge in [0.1, 0.15) is 5.54 Å². The summed E-state index contributed by atoms with van der Waals surface area (Å²) in [5, 5.41) is 12.5. The molecule has 3 heteroatoms. The number of nitrogens with one attached hydrogen (secondary N) is 1. The molecular formula is C16H24N2O. The van der Waals surface area contributed by atoms with Crippen LogP contribution in [0.2, 0.25) is 0 Å². The van der Waals surface area contributed by atoms with Gasteiger partial charge >= 0.3 is 0 Å². The van der Waals surface area contributed by atoms with Gasteiger partial charge in [0.15, 0.2) is 0 Å². The number of amides is 1. The van der Waals surface area contributed by atoms with Crippen molar-refractivity contribution in [1.82, 2.24) is 5.32 Å². The van der Waals surface area contributed by atoms with Crippen LogP contribution in [0.15, 0.2) is 12.2 Å². The maximum Gasteiger partial charge on any atom is 0.221 e. The van der Waals surface area contributed by atoms with Gasteiger partial charge in [0.25, 0.3) is 0 Å². The van der Waals surface area contributed by atoms with E-state index in [2.05, 4.69) is 23.5 Å². The van der Waals surface area contributed by atoms with E-state index >= 15 is 0 Å². The summed E-state index contributed by atoms with van der Waals surface area (Å²) in [5.74, 6) is 0.717. The smallest absolute Gasteiger partial charge is 0.221 e. The van der Waals surface area contributed by atoms with Gasteiger partial charge in [-0.15, -0.1) is 0 Å². The van der Waals surface area contributed by atoms with Crippen molar-refractivity contribution < 1.29 is 4.79 Å². The lowest BCUT2D eigenvalue weighted by Gasteiger charge is -2.35. The summed E-state index contributed by atoms with van der Waals surface area (Å²) >= 11 is 0. The number of rotatable bonds is 4. The summed E-state index contributed by atoms with van der Waals surface area (Å²) in [4.78, 5) is 12.1. The van der Waals surface area contributed by atoms with Crippen molar-refractivity contribution in [1.29, 1.82) is 5.26 Å². The van der Waals surface area contributed by atoms with E-state index in [1.165, 1.54) is 19.3 Å². The summed E-state index contributed by atoms with van der Waals surface area (Å²) < 4.78 is 0.